The largest absolute Gasteiger partial charge is 0.435 e. The molecule has 0 radical (unpaired) electrons. The molecule has 2 rings (SSSR count). The van der Waals surface area contributed by atoms with E-state index in [9.17, 15) is 8.78 Å². The second-order valence-electron chi connectivity index (χ2n) is 5.67. The maximum atomic E-state index is 12.2. The van der Waals surface area contributed by atoms with E-state index in [1.165, 1.54) is 25.7 Å². The van der Waals surface area contributed by atoms with Crippen molar-refractivity contribution in [1.29, 1.82) is 0 Å². The van der Waals surface area contributed by atoms with Crippen molar-refractivity contribution in [3.63, 3.8) is 0 Å². The third kappa shape index (κ3) is 4.17. The molecule has 1 saturated carbocycles. The van der Waals surface area contributed by atoms with E-state index in [2.05, 4.69) is 23.9 Å². The zero-order chi connectivity index (χ0) is 14.5. The molecule has 2 nitrogen and oxygen atoms in total. The fraction of sp³-hybridized carbons (Fsp3) is 0.625. The minimum atomic E-state index is -2.77. The van der Waals surface area contributed by atoms with Crippen LogP contribution in [0.4, 0.5) is 8.78 Å². The molecular weight excluding hydrogens is 260 g/mol. The summed E-state index contributed by atoms with van der Waals surface area (Å²) < 4.78 is 28.9. The summed E-state index contributed by atoms with van der Waals surface area (Å²) in [5.41, 5.74) is 0.980. The van der Waals surface area contributed by atoms with Gasteiger partial charge in [0, 0.05) is 12.1 Å². The van der Waals surface area contributed by atoms with E-state index in [1.54, 1.807) is 18.2 Å². The van der Waals surface area contributed by atoms with Gasteiger partial charge in [-0.3, -0.25) is 0 Å². The molecule has 1 fully saturated rings. The van der Waals surface area contributed by atoms with Gasteiger partial charge in [-0.1, -0.05) is 25.0 Å². The molecule has 0 aromatic heterocycles. The number of nitrogens with one attached hydrogen (secondary N) is 1. The summed E-state index contributed by atoms with van der Waals surface area (Å²) in [4.78, 5) is 0. The average molecular weight is 283 g/mol. The van der Waals surface area contributed by atoms with Crippen LogP contribution in [0, 0.1) is 5.92 Å². The summed E-state index contributed by atoms with van der Waals surface area (Å²) >= 11 is 0. The van der Waals surface area contributed by atoms with E-state index in [0.29, 0.717) is 6.04 Å². The first-order chi connectivity index (χ1) is 9.56. The minimum absolute atomic E-state index is 0.131. The Bertz CT molecular complexity index is 419. The summed E-state index contributed by atoms with van der Waals surface area (Å²) in [5, 5.41) is 3.58. The lowest BCUT2D eigenvalue weighted by Gasteiger charge is -2.25. The van der Waals surface area contributed by atoms with Gasteiger partial charge in [-0.05, 0) is 50.3 Å². The van der Waals surface area contributed by atoms with Gasteiger partial charge in [0.25, 0.3) is 0 Å². The quantitative estimate of drug-likeness (QED) is 0.829. The van der Waals surface area contributed by atoms with Crippen LogP contribution in [0.5, 0.6) is 5.75 Å². The first kappa shape index (κ1) is 15.2. The lowest BCUT2D eigenvalue weighted by molar-refractivity contribution is -0.0499. The van der Waals surface area contributed by atoms with Crippen LogP contribution in [-0.2, 0) is 0 Å². The average Bonchev–Trinajstić information content (AvgIpc) is 2.92. The highest BCUT2D eigenvalue weighted by atomic mass is 19.3. The van der Waals surface area contributed by atoms with Crippen molar-refractivity contribution in [2.75, 3.05) is 0 Å². The lowest BCUT2D eigenvalue weighted by atomic mass is 9.98. The van der Waals surface area contributed by atoms with Gasteiger partial charge >= 0.3 is 6.61 Å². The van der Waals surface area contributed by atoms with E-state index in [1.807, 2.05) is 6.07 Å². The smallest absolute Gasteiger partial charge is 0.387 e. The van der Waals surface area contributed by atoms with E-state index in [-0.39, 0.29) is 11.8 Å². The Balaban J connectivity index is 1.95. The molecule has 1 aromatic carbocycles. The maximum absolute atomic E-state index is 12.2. The van der Waals surface area contributed by atoms with Gasteiger partial charge in [0.1, 0.15) is 5.75 Å². The Labute approximate surface area is 119 Å². The highest BCUT2D eigenvalue weighted by Gasteiger charge is 2.22. The normalized spacial score (nSPS) is 19.2. The van der Waals surface area contributed by atoms with Crippen molar-refractivity contribution in [1.82, 2.24) is 5.32 Å². The summed E-state index contributed by atoms with van der Waals surface area (Å²) in [6.45, 7) is 1.50. The molecule has 4 heteroatoms. The summed E-state index contributed by atoms with van der Waals surface area (Å²) in [7, 11) is 0. The summed E-state index contributed by atoms with van der Waals surface area (Å²) in [5.74, 6) is 0.956. The van der Waals surface area contributed by atoms with Gasteiger partial charge in [-0.2, -0.15) is 8.78 Å². The van der Waals surface area contributed by atoms with Crippen molar-refractivity contribution < 1.29 is 13.5 Å². The van der Waals surface area contributed by atoms with Crippen LogP contribution in [0.3, 0.4) is 0 Å². The predicted molar refractivity (Wildman–Crippen MR) is 76.0 cm³/mol. The first-order valence-electron chi connectivity index (χ1n) is 7.37. The van der Waals surface area contributed by atoms with Gasteiger partial charge in [0.05, 0.1) is 0 Å². The maximum Gasteiger partial charge on any atom is 0.387 e. The standard InChI is InChI=1S/C16H23F2NO/c1-11(13-6-3-4-7-13)19-12(2)14-8-5-9-15(10-14)20-16(17)18/h5,8-13,16,19H,3-4,6-7H2,1-2H3/t11-,12?/m0/s1. The third-order valence-electron chi connectivity index (χ3n) is 4.20. The second kappa shape index (κ2) is 7.02. The van der Waals surface area contributed by atoms with Crippen molar-refractivity contribution in [3.8, 4) is 5.75 Å². The van der Waals surface area contributed by atoms with Gasteiger partial charge in [-0.15, -0.1) is 0 Å². The van der Waals surface area contributed by atoms with Crippen molar-refractivity contribution in [2.45, 2.75) is 58.2 Å². The highest BCUT2D eigenvalue weighted by Crippen LogP contribution is 2.29. The molecule has 1 unspecified atom stereocenters. The van der Waals surface area contributed by atoms with Gasteiger partial charge in [0.2, 0.25) is 0 Å². The number of hydrogen-bond acceptors (Lipinski definition) is 2. The zero-order valence-corrected chi connectivity index (χ0v) is 12.1. The molecule has 0 bridgehead atoms. The second-order valence-corrected chi connectivity index (χ2v) is 5.67. The summed E-state index contributed by atoms with van der Waals surface area (Å²) in [6.07, 6.45) is 5.22. The van der Waals surface area contributed by atoms with E-state index >= 15 is 0 Å². The fourth-order valence-corrected chi connectivity index (χ4v) is 3.04. The van der Waals surface area contributed by atoms with E-state index in [4.69, 9.17) is 0 Å². The topological polar surface area (TPSA) is 21.3 Å². The van der Waals surface area contributed by atoms with Gasteiger partial charge in [0.15, 0.2) is 0 Å². The van der Waals surface area contributed by atoms with Crippen LogP contribution in [0.15, 0.2) is 24.3 Å². The monoisotopic (exact) mass is 283 g/mol. The van der Waals surface area contributed by atoms with Gasteiger partial charge in [-0.25, -0.2) is 0 Å². The molecule has 0 amide bonds. The van der Waals surface area contributed by atoms with Crippen LogP contribution in [0.2, 0.25) is 0 Å². The van der Waals surface area contributed by atoms with E-state index in [0.717, 1.165) is 11.5 Å². The summed E-state index contributed by atoms with van der Waals surface area (Å²) in [6, 6.07) is 7.52. The fourth-order valence-electron chi connectivity index (χ4n) is 3.04. The Morgan fingerprint density at radius 2 is 1.90 bits per heavy atom. The molecule has 1 aliphatic rings. The first-order valence-corrected chi connectivity index (χ1v) is 7.37. The van der Waals surface area contributed by atoms with Crippen LogP contribution in [0.1, 0.15) is 51.1 Å². The predicted octanol–water partition coefficient (Wildman–Crippen LogP) is 4.52. The molecule has 1 N–H and O–H groups in total. The van der Waals surface area contributed by atoms with E-state index < -0.39 is 6.61 Å². The highest BCUT2D eigenvalue weighted by molar-refractivity contribution is 5.30. The lowest BCUT2D eigenvalue weighted by Crippen LogP contribution is -2.34. The number of halogens is 2. The van der Waals surface area contributed by atoms with Crippen LogP contribution in [-0.4, -0.2) is 12.7 Å². The molecular formula is C16H23F2NO. The van der Waals surface area contributed by atoms with Crippen molar-refractivity contribution in [2.24, 2.45) is 5.92 Å². The number of alkyl halides is 2. The van der Waals surface area contributed by atoms with Gasteiger partial charge < -0.3 is 10.1 Å². The van der Waals surface area contributed by atoms with Crippen molar-refractivity contribution >= 4 is 0 Å². The molecule has 0 heterocycles. The molecule has 0 spiro atoms. The number of benzene rings is 1. The van der Waals surface area contributed by atoms with Crippen LogP contribution >= 0.6 is 0 Å². The molecule has 1 aromatic rings. The third-order valence-corrected chi connectivity index (χ3v) is 4.20. The SMILES string of the molecule is CC(N[C@@H](C)C1CCCC1)c1cccc(OC(F)F)c1. The number of hydrogen-bond donors (Lipinski definition) is 1. The van der Waals surface area contributed by atoms with Crippen LogP contribution < -0.4 is 10.1 Å². The molecule has 1 aliphatic carbocycles. The molecule has 112 valence electrons. The van der Waals surface area contributed by atoms with Crippen LogP contribution in [0.25, 0.3) is 0 Å². The number of ether oxygens (including phenoxy) is 1. The Morgan fingerprint density at radius 1 is 1.20 bits per heavy atom. The number of rotatable bonds is 6. The Morgan fingerprint density at radius 3 is 2.55 bits per heavy atom. The molecule has 0 saturated heterocycles. The molecule has 2 atom stereocenters. The minimum Gasteiger partial charge on any atom is -0.435 e. The molecule has 20 heavy (non-hydrogen) atoms. The molecule has 0 aliphatic heterocycles. The Kier molecular flexibility index (Phi) is 5.35. The zero-order valence-electron chi connectivity index (χ0n) is 12.1. The Hall–Kier alpha value is -1.16. The van der Waals surface area contributed by atoms with Crippen molar-refractivity contribution in [3.05, 3.63) is 29.8 Å².